The van der Waals surface area contributed by atoms with Crippen LogP contribution < -0.4 is 4.74 Å². The molecule has 1 aromatic heterocycles. The van der Waals surface area contributed by atoms with Crippen LogP contribution in [0, 0.1) is 0 Å². The lowest BCUT2D eigenvalue weighted by Crippen LogP contribution is -1.94. The first kappa shape index (κ1) is 18.5. The molecule has 29 heavy (non-hydrogen) atoms. The van der Waals surface area contributed by atoms with E-state index in [4.69, 9.17) is 14.7 Å². The quantitative estimate of drug-likeness (QED) is 0.330. The lowest BCUT2D eigenvalue weighted by atomic mass is 10.1. The van der Waals surface area contributed by atoms with Gasteiger partial charge in [-0.3, -0.25) is 0 Å². The summed E-state index contributed by atoms with van der Waals surface area (Å²) in [5.74, 6) is 0.803. The van der Waals surface area contributed by atoms with Crippen LogP contribution in [0.1, 0.15) is 11.1 Å². The highest BCUT2D eigenvalue weighted by Gasteiger charge is 2.11. The normalized spacial score (nSPS) is 10.9. The smallest absolute Gasteiger partial charge is 0.142 e. The summed E-state index contributed by atoms with van der Waals surface area (Å²) in [6.07, 6.45) is 3.65. The van der Waals surface area contributed by atoms with Gasteiger partial charge in [-0.25, -0.2) is 4.68 Å². The molecule has 0 unspecified atom stereocenters. The molecular weight excluding hydrogens is 362 g/mol. The maximum Gasteiger partial charge on any atom is 0.142 e. The van der Waals surface area contributed by atoms with Gasteiger partial charge in [0, 0.05) is 17.3 Å². The number of oxime groups is 1. The van der Waals surface area contributed by atoms with Crippen molar-refractivity contribution in [3.8, 4) is 22.7 Å². The molecule has 5 heteroatoms. The molecule has 4 rings (SSSR count). The van der Waals surface area contributed by atoms with Crippen molar-refractivity contribution < 1.29 is 9.57 Å². The molecule has 0 spiro atoms. The number of aromatic nitrogens is 2. The largest absolute Gasteiger partial charge is 0.497 e. The number of methoxy groups -OCH3 is 1. The maximum atomic E-state index is 5.48. The zero-order valence-corrected chi connectivity index (χ0v) is 16.1. The van der Waals surface area contributed by atoms with Crippen molar-refractivity contribution in [2.24, 2.45) is 5.16 Å². The average Bonchev–Trinajstić information content (AvgIpc) is 3.22. The first-order chi connectivity index (χ1) is 14.3. The summed E-state index contributed by atoms with van der Waals surface area (Å²) in [7, 11) is 1.65. The predicted octanol–water partition coefficient (Wildman–Crippen LogP) is 5.10. The SMILES string of the molecule is COc1ccc(-c2nn(-c3ccccc3)cc2/C=N/OCc2ccccc2)cc1. The number of rotatable bonds is 7. The average molecular weight is 383 g/mol. The predicted molar refractivity (Wildman–Crippen MR) is 114 cm³/mol. The fraction of sp³-hybridized carbons (Fsp3) is 0.0833. The van der Waals surface area contributed by atoms with Crippen LogP contribution in [0.2, 0.25) is 0 Å². The van der Waals surface area contributed by atoms with Crippen LogP contribution in [0.4, 0.5) is 0 Å². The number of nitrogens with zero attached hydrogens (tertiary/aromatic N) is 3. The van der Waals surface area contributed by atoms with E-state index in [0.29, 0.717) is 6.61 Å². The summed E-state index contributed by atoms with van der Waals surface area (Å²) in [4.78, 5) is 5.48. The van der Waals surface area contributed by atoms with Crippen LogP contribution >= 0.6 is 0 Å². The van der Waals surface area contributed by atoms with Gasteiger partial charge >= 0.3 is 0 Å². The number of hydrogen-bond acceptors (Lipinski definition) is 4. The van der Waals surface area contributed by atoms with Gasteiger partial charge in [-0.15, -0.1) is 0 Å². The highest BCUT2D eigenvalue weighted by molar-refractivity contribution is 5.88. The minimum Gasteiger partial charge on any atom is -0.497 e. The topological polar surface area (TPSA) is 48.6 Å². The van der Waals surface area contributed by atoms with Crippen molar-refractivity contribution >= 4 is 6.21 Å². The highest BCUT2D eigenvalue weighted by Crippen LogP contribution is 2.25. The molecule has 1 heterocycles. The summed E-state index contributed by atoms with van der Waals surface area (Å²) < 4.78 is 7.10. The third-order valence-electron chi connectivity index (χ3n) is 4.47. The van der Waals surface area contributed by atoms with E-state index < -0.39 is 0 Å². The Morgan fingerprint density at radius 2 is 1.59 bits per heavy atom. The van der Waals surface area contributed by atoms with E-state index in [0.717, 1.165) is 33.8 Å². The third kappa shape index (κ3) is 4.52. The van der Waals surface area contributed by atoms with Crippen LogP contribution in [0.15, 0.2) is 96.3 Å². The molecule has 0 bridgehead atoms. The molecule has 0 aliphatic carbocycles. The molecule has 144 valence electrons. The molecule has 0 aliphatic heterocycles. The van der Waals surface area contributed by atoms with Crippen molar-refractivity contribution in [2.45, 2.75) is 6.61 Å². The van der Waals surface area contributed by atoms with Gasteiger partial charge in [0.15, 0.2) is 0 Å². The Labute approximate surface area is 169 Å². The lowest BCUT2D eigenvalue weighted by molar-refractivity contribution is 0.132. The van der Waals surface area contributed by atoms with Gasteiger partial charge in [0.05, 0.1) is 19.0 Å². The molecule has 0 aliphatic rings. The summed E-state index contributed by atoms with van der Waals surface area (Å²) in [5, 5.41) is 8.93. The molecule has 0 amide bonds. The summed E-state index contributed by atoms with van der Waals surface area (Å²) in [6, 6.07) is 27.7. The van der Waals surface area contributed by atoms with Crippen molar-refractivity contribution in [1.82, 2.24) is 9.78 Å². The van der Waals surface area contributed by atoms with E-state index in [1.807, 2.05) is 95.8 Å². The van der Waals surface area contributed by atoms with Crippen molar-refractivity contribution in [2.75, 3.05) is 7.11 Å². The minimum atomic E-state index is 0.419. The Hall–Kier alpha value is -3.86. The van der Waals surface area contributed by atoms with Crippen LogP contribution in [0.5, 0.6) is 5.75 Å². The first-order valence-corrected chi connectivity index (χ1v) is 9.32. The van der Waals surface area contributed by atoms with E-state index >= 15 is 0 Å². The Balaban J connectivity index is 1.61. The molecule has 0 N–H and O–H groups in total. The van der Waals surface area contributed by atoms with Gasteiger partial charge in [0.2, 0.25) is 0 Å². The van der Waals surface area contributed by atoms with Crippen LogP contribution in [0.25, 0.3) is 16.9 Å². The first-order valence-electron chi connectivity index (χ1n) is 9.32. The second-order valence-electron chi connectivity index (χ2n) is 6.44. The van der Waals surface area contributed by atoms with E-state index in [9.17, 15) is 0 Å². The highest BCUT2D eigenvalue weighted by atomic mass is 16.6. The lowest BCUT2D eigenvalue weighted by Gasteiger charge is -2.02. The van der Waals surface area contributed by atoms with Crippen molar-refractivity contribution in [1.29, 1.82) is 0 Å². The summed E-state index contributed by atoms with van der Waals surface area (Å²) in [6.45, 7) is 0.419. The number of hydrogen-bond donors (Lipinski definition) is 0. The van der Waals surface area contributed by atoms with Gasteiger partial charge in [-0.2, -0.15) is 5.10 Å². The second kappa shape index (κ2) is 8.89. The molecular formula is C24H21N3O2. The fourth-order valence-corrected chi connectivity index (χ4v) is 2.95. The van der Waals surface area contributed by atoms with Gasteiger partial charge < -0.3 is 9.57 Å². The standard InChI is InChI=1S/C24H21N3O2/c1-28-23-14-12-20(13-15-23)24-21(16-25-29-18-19-8-4-2-5-9-19)17-27(26-24)22-10-6-3-7-11-22/h2-17H,18H2,1H3/b25-16+. The summed E-state index contributed by atoms with van der Waals surface area (Å²) >= 11 is 0. The monoisotopic (exact) mass is 383 g/mol. The minimum absolute atomic E-state index is 0.419. The fourth-order valence-electron chi connectivity index (χ4n) is 2.95. The van der Waals surface area contributed by atoms with E-state index in [1.165, 1.54) is 0 Å². The molecule has 3 aromatic carbocycles. The van der Waals surface area contributed by atoms with Gasteiger partial charge in [-0.05, 0) is 42.0 Å². The summed E-state index contributed by atoms with van der Waals surface area (Å²) in [5.41, 5.74) is 4.72. The zero-order chi connectivity index (χ0) is 19.9. The molecule has 0 atom stereocenters. The maximum absolute atomic E-state index is 5.48. The number of benzene rings is 3. The second-order valence-corrected chi connectivity index (χ2v) is 6.44. The molecule has 0 saturated carbocycles. The third-order valence-corrected chi connectivity index (χ3v) is 4.47. The van der Waals surface area contributed by atoms with E-state index in [1.54, 1.807) is 13.3 Å². The number of para-hydroxylation sites is 1. The Morgan fingerprint density at radius 1 is 0.897 bits per heavy atom. The molecule has 0 fully saturated rings. The Bertz CT molecular complexity index is 1070. The Kier molecular flexibility index (Phi) is 5.67. The Morgan fingerprint density at radius 3 is 2.28 bits per heavy atom. The molecule has 5 nitrogen and oxygen atoms in total. The van der Waals surface area contributed by atoms with Crippen LogP contribution in [0.3, 0.4) is 0 Å². The van der Waals surface area contributed by atoms with Crippen molar-refractivity contribution in [3.63, 3.8) is 0 Å². The van der Waals surface area contributed by atoms with Gasteiger partial charge in [0.1, 0.15) is 18.1 Å². The molecule has 0 saturated heterocycles. The van der Waals surface area contributed by atoms with Crippen molar-refractivity contribution in [3.05, 3.63) is 102 Å². The van der Waals surface area contributed by atoms with E-state index in [2.05, 4.69) is 5.16 Å². The molecule has 4 aromatic rings. The number of ether oxygens (including phenoxy) is 1. The van der Waals surface area contributed by atoms with E-state index in [-0.39, 0.29) is 0 Å². The zero-order valence-electron chi connectivity index (χ0n) is 16.1. The van der Waals surface area contributed by atoms with Gasteiger partial charge in [-0.1, -0.05) is 53.7 Å². The van der Waals surface area contributed by atoms with Crippen LogP contribution in [-0.4, -0.2) is 23.1 Å². The van der Waals surface area contributed by atoms with Gasteiger partial charge in [0.25, 0.3) is 0 Å². The molecule has 0 radical (unpaired) electrons. The van der Waals surface area contributed by atoms with Crippen LogP contribution in [-0.2, 0) is 11.4 Å².